The third kappa shape index (κ3) is 4.06. The molecule has 2 N–H and O–H groups in total. The molecule has 0 radical (unpaired) electrons. The summed E-state index contributed by atoms with van der Waals surface area (Å²) in [5.74, 6) is -2.38. The van der Waals surface area contributed by atoms with Gasteiger partial charge in [-0.25, -0.2) is 4.39 Å². The third-order valence-corrected chi connectivity index (χ3v) is 4.29. The van der Waals surface area contributed by atoms with Gasteiger partial charge in [-0.15, -0.1) is 0 Å². The summed E-state index contributed by atoms with van der Waals surface area (Å²) in [6.45, 7) is 0.229. The molecule has 1 heterocycles. The number of rotatable bonds is 7. The van der Waals surface area contributed by atoms with Gasteiger partial charge in [-0.2, -0.15) is 0 Å². The molecule has 0 bridgehead atoms. The van der Waals surface area contributed by atoms with Crippen LogP contribution >= 0.6 is 0 Å². The summed E-state index contributed by atoms with van der Waals surface area (Å²) in [7, 11) is 0. The van der Waals surface area contributed by atoms with E-state index in [0.717, 1.165) is 4.90 Å². The second kappa shape index (κ2) is 8.43. The zero-order valence-corrected chi connectivity index (χ0v) is 14.9. The van der Waals surface area contributed by atoms with E-state index in [1.54, 1.807) is 30.3 Å². The summed E-state index contributed by atoms with van der Waals surface area (Å²) in [5, 5.41) is 5.09. The molecule has 1 aliphatic rings. The van der Waals surface area contributed by atoms with Gasteiger partial charge < -0.3 is 10.6 Å². The minimum atomic E-state index is -0.620. The molecular formula is C20H18FN3O4. The van der Waals surface area contributed by atoms with E-state index in [2.05, 4.69) is 10.6 Å². The molecule has 0 unspecified atom stereocenters. The number of benzene rings is 2. The summed E-state index contributed by atoms with van der Waals surface area (Å²) in [5.41, 5.74) is 0.604. The molecule has 7 nitrogen and oxygen atoms in total. The minimum Gasteiger partial charge on any atom is -0.354 e. The maximum atomic E-state index is 13.5. The van der Waals surface area contributed by atoms with Crippen LogP contribution in [0.1, 0.15) is 37.5 Å². The first kappa shape index (κ1) is 19.2. The fourth-order valence-corrected chi connectivity index (χ4v) is 2.86. The summed E-state index contributed by atoms with van der Waals surface area (Å²) < 4.78 is 13.5. The largest absolute Gasteiger partial charge is 0.354 e. The predicted octanol–water partition coefficient (Wildman–Crippen LogP) is 1.36. The highest BCUT2D eigenvalue weighted by atomic mass is 19.1. The first-order valence-electron chi connectivity index (χ1n) is 8.73. The number of carbonyl (C=O) groups is 4. The zero-order valence-electron chi connectivity index (χ0n) is 14.9. The normalized spacial score (nSPS) is 12.7. The van der Waals surface area contributed by atoms with Gasteiger partial charge in [-0.3, -0.25) is 24.1 Å². The summed E-state index contributed by atoms with van der Waals surface area (Å²) in [4.78, 5) is 49.2. The van der Waals surface area contributed by atoms with Crippen LogP contribution in [0.5, 0.6) is 0 Å². The fourth-order valence-electron chi connectivity index (χ4n) is 2.86. The standard InChI is InChI=1S/C20H18FN3O4/c21-16-8-4-3-7-15(16)18(26)23-11-10-22-17(25)9-12-24-19(27)13-5-1-2-6-14(13)20(24)28/h1-8H,9-12H2,(H,22,25)(H,23,26). The molecule has 0 aromatic heterocycles. The van der Waals surface area contributed by atoms with Crippen LogP contribution in [0, 0.1) is 5.82 Å². The minimum absolute atomic E-state index is 0.0280. The van der Waals surface area contributed by atoms with Crippen LogP contribution in [0.15, 0.2) is 48.5 Å². The Kier molecular flexibility index (Phi) is 5.78. The van der Waals surface area contributed by atoms with Crippen molar-refractivity contribution in [2.24, 2.45) is 0 Å². The van der Waals surface area contributed by atoms with Crippen molar-refractivity contribution in [1.82, 2.24) is 15.5 Å². The Bertz CT molecular complexity index is 910. The van der Waals surface area contributed by atoms with Crippen molar-refractivity contribution in [2.75, 3.05) is 19.6 Å². The average Bonchev–Trinajstić information content (AvgIpc) is 2.94. The molecule has 0 saturated carbocycles. The number of imide groups is 1. The zero-order chi connectivity index (χ0) is 20.1. The maximum absolute atomic E-state index is 13.5. The molecule has 4 amide bonds. The Morgan fingerprint density at radius 3 is 2.07 bits per heavy atom. The lowest BCUT2D eigenvalue weighted by atomic mass is 10.1. The predicted molar refractivity (Wildman–Crippen MR) is 98.2 cm³/mol. The summed E-state index contributed by atoms with van der Waals surface area (Å²) >= 11 is 0. The summed E-state index contributed by atoms with van der Waals surface area (Å²) in [6.07, 6.45) is -0.0489. The van der Waals surface area contributed by atoms with Gasteiger partial charge in [0.1, 0.15) is 5.82 Å². The van der Waals surface area contributed by atoms with Crippen LogP contribution in [0.3, 0.4) is 0 Å². The van der Waals surface area contributed by atoms with E-state index in [9.17, 15) is 23.6 Å². The number of halogens is 1. The van der Waals surface area contributed by atoms with Gasteiger partial charge in [0, 0.05) is 26.1 Å². The van der Waals surface area contributed by atoms with E-state index in [4.69, 9.17) is 0 Å². The molecule has 0 saturated heterocycles. The van der Waals surface area contributed by atoms with E-state index < -0.39 is 23.5 Å². The number of carbonyl (C=O) groups excluding carboxylic acids is 4. The summed E-state index contributed by atoms with van der Waals surface area (Å²) in [6, 6.07) is 12.1. The molecule has 1 aliphatic heterocycles. The van der Waals surface area contributed by atoms with Crippen LogP contribution in [-0.4, -0.2) is 48.2 Å². The van der Waals surface area contributed by atoms with Crippen LogP contribution in [0.25, 0.3) is 0 Å². The molecule has 0 atom stereocenters. The molecule has 8 heteroatoms. The second-order valence-corrected chi connectivity index (χ2v) is 6.14. The third-order valence-electron chi connectivity index (χ3n) is 4.29. The maximum Gasteiger partial charge on any atom is 0.261 e. The van der Waals surface area contributed by atoms with Crippen LogP contribution in [0.4, 0.5) is 4.39 Å². The molecule has 3 rings (SSSR count). The Labute approximate surface area is 160 Å². The molecular weight excluding hydrogens is 365 g/mol. The van der Waals surface area contributed by atoms with Gasteiger partial charge in [0.05, 0.1) is 16.7 Å². The average molecular weight is 383 g/mol. The molecule has 0 spiro atoms. The lowest BCUT2D eigenvalue weighted by Gasteiger charge is -2.13. The van der Waals surface area contributed by atoms with Crippen molar-refractivity contribution in [3.8, 4) is 0 Å². The number of nitrogens with zero attached hydrogens (tertiary/aromatic N) is 1. The number of hydrogen-bond acceptors (Lipinski definition) is 4. The molecule has 2 aromatic carbocycles. The Morgan fingerprint density at radius 2 is 1.43 bits per heavy atom. The first-order chi connectivity index (χ1) is 13.5. The lowest BCUT2D eigenvalue weighted by molar-refractivity contribution is -0.121. The van der Waals surface area contributed by atoms with Crippen molar-refractivity contribution in [3.63, 3.8) is 0 Å². The molecule has 144 valence electrons. The van der Waals surface area contributed by atoms with E-state index in [0.29, 0.717) is 11.1 Å². The van der Waals surface area contributed by atoms with Crippen molar-refractivity contribution < 1.29 is 23.6 Å². The Hall–Kier alpha value is -3.55. The van der Waals surface area contributed by atoms with E-state index in [-0.39, 0.29) is 37.5 Å². The van der Waals surface area contributed by atoms with Gasteiger partial charge in [0.15, 0.2) is 0 Å². The van der Waals surface area contributed by atoms with Gasteiger partial charge in [-0.1, -0.05) is 24.3 Å². The topological polar surface area (TPSA) is 95.6 Å². The quantitative estimate of drug-likeness (QED) is 0.557. The highest BCUT2D eigenvalue weighted by Crippen LogP contribution is 2.22. The van der Waals surface area contributed by atoms with Crippen molar-refractivity contribution in [1.29, 1.82) is 0 Å². The Balaban J connectivity index is 1.40. The Morgan fingerprint density at radius 1 is 0.857 bits per heavy atom. The van der Waals surface area contributed by atoms with Crippen LogP contribution in [0.2, 0.25) is 0 Å². The molecule has 0 aliphatic carbocycles. The second-order valence-electron chi connectivity index (χ2n) is 6.14. The van der Waals surface area contributed by atoms with Crippen LogP contribution in [-0.2, 0) is 4.79 Å². The van der Waals surface area contributed by atoms with Crippen molar-refractivity contribution in [3.05, 3.63) is 71.0 Å². The highest BCUT2D eigenvalue weighted by Gasteiger charge is 2.34. The van der Waals surface area contributed by atoms with Gasteiger partial charge in [0.2, 0.25) is 5.91 Å². The van der Waals surface area contributed by atoms with E-state index in [1.807, 2.05) is 0 Å². The number of hydrogen-bond donors (Lipinski definition) is 2. The van der Waals surface area contributed by atoms with E-state index >= 15 is 0 Å². The first-order valence-corrected chi connectivity index (χ1v) is 8.73. The lowest BCUT2D eigenvalue weighted by Crippen LogP contribution is -2.37. The van der Waals surface area contributed by atoms with Gasteiger partial charge in [0.25, 0.3) is 17.7 Å². The molecule has 2 aromatic rings. The van der Waals surface area contributed by atoms with Gasteiger partial charge >= 0.3 is 0 Å². The van der Waals surface area contributed by atoms with Crippen LogP contribution < -0.4 is 10.6 Å². The monoisotopic (exact) mass is 383 g/mol. The van der Waals surface area contributed by atoms with Crippen molar-refractivity contribution in [2.45, 2.75) is 6.42 Å². The van der Waals surface area contributed by atoms with E-state index in [1.165, 1.54) is 18.2 Å². The number of amides is 4. The van der Waals surface area contributed by atoms with Crippen molar-refractivity contribution >= 4 is 23.6 Å². The number of nitrogens with one attached hydrogen (secondary N) is 2. The SMILES string of the molecule is O=C(CCN1C(=O)c2ccccc2C1=O)NCCNC(=O)c1ccccc1F. The number of fused-ring (bicyclic) bond motifs is 1. The smallest absolute Gasteiger partial charge is 0.261 e. The molecule has 0 fully saturated rings. The highest BCUT2D eigenvalue weighted by molar-refractivity contribution is 6.21. The fraction of sp³-hybridized carbons (Fsp3) is 0.200. The molecule has 28 heavy (non-hydrogen) atoms. The van der Waals surface area contributed by atoms with Gasteiger partial charge in [-0.05, 0) is 24.3 Å².